The van der Waals surface area contributed by atoms with Gasteiger partial charge in [-0.3, -0.25) is 0 Å². The second-order valence-corrected chi connectivity index (χ2v) is 7.75. The molecule has 4 nitrogen and oxygen atoms in total. The van der Waals surface area contributed by atoms with Crippen LogP contribution in [0.1, 0.15) is 25.3 Å². The van der Waals surface area contributed by atoms with Gasteiger partial charge in [-0.15, -0.1) is 0 Å². The van der Waals surface area contributed by atoms with Crippen LogP contribution in [-0.2, 0) is 9.84 Å². The van der Waals surface area contributed by atoms with Gasteiger partial charge in [0.1, 0.15) is 10.7 Å². The highest BCUT2D eigenvalue weighted by Gasteiger charge is 2.18. The highest BCUT2D eigenvalue weighted by atomic mass is 32.2. The molecule has 0 fully saturated rings. The molecule has 0 aliphatic heterocycles. The molecule has 1 aromatic carbocycles. The average molecular weight is 318 g/mol. The highest BCUT2D eigenvalue weighted by Crippen LogP contribution is 2.26. The topological polar surface area (TPSA) is 59.1 Å². The Morgan fingerprint density at radius 3 is 2.36 bits per heavy atom. The van der Waals surface area contributed by atoms with E-state index in [1.54, 1.807) is 18.3 Å². The zero-order valence-electron chi connectivity index (χ0n) is 13.2. The minimum atomic E-state index is -3.29. The molecular formula is C17H22N2O2S. The fraction of sp³-hybridized carbons (Fsp3) is 0.353. The summed E-state index contributed by atoms with van der Waals surface area (Å²) in [6.45, 7) is 4.96. The van der Waals surface area contributed by atoms with Crippen molar-refractivity contribution in [2.75, 3.05) is 18.1 Å². The molecule has 2 rings (SSSR count). The number of nitrogens with one attached hydrogen (secondary N) is 1. The Bertz CT molecular complexity index is 712. The van der Waals surface area contributed by atoms with E-state index in [1.165, 1.54) is 11.8 Å². The normalized spacial score (nSPS) is 13.1. The highest BCUT2D eigenvalue weighted by molar-refractivity contribution is 7.90. The Morgan fingerprint density at radius 2 is 1.77 bits per heavy atom. The predicted molar refractivity (Wildman–Crippen MR) is 89.9 cm³/mol. The number of anilines is 1. The summed E-state index contributed by atoms with van der Waals surface area (Å²) in [4.78, 5) is 4.42. The molecule has 1 N–H and O–H groups in total. The summed E-state index contributed by atoms with van der Waals surface area (Å²) in [7, 11) is -3.29. The molecule has 1 unspecified atom stereocenters. The lowest BCUT2D eigenvalue weighted by molar-refractivity contribution is 0.516. The van der Waals surface area contributed by atoms with E-state index in [4.69, 9.17) is 0 Å². The van der Waals surface area contributed by atoms with E-state index in [0.717, 1.165) is 0 Å². The third-order valence-corrected chi connectivity index (χ3v) is 4.82. The van der Waals surface area contributed by atoms with Crippen molar-refractivity contribution < 1.29 is 8.42 Å². The Morgan fingerprint density at radius 1 is 1.09 bits per heavy atom. The van der Waals surface area contributed by atoms with E-state index in [0.29, 0.717) is 18.3 Å². The molecule has 0 aliphatic carbocycles. The first-order valence-corrected chi connectivity index (χ1v) is 9.22. The quantitative estimate of drug-likeness (QED) is 0.887. The number of pyridine rings is 1. The van der Waals surface area contributed by atoms with E-state index in [9.17, 15) is 8.42 Å². The minimum absolute atomic E-state index is 0.241. The molecule has 22 heavy (non-hydrogen) atoms. The van der Waals surface area contributed by atoms with Crippen LogP contribution in [0.5, 0.6) is 0 Å². The number of rotatable bonds is 6. The third kappa shape index (κ3) is 4.07. The molecule has 118 valence electrons. The Kier molecular flexibility index (Phi) is 5.19. The third-order valence-electron chi connectivity index (χ3n) is 3.69. The van der Waals surface area contributed by atoms with Crippen LogP contribution in [0.2, 0.25) is 0 Å². The number of benzene rings is 1. The number of sulfone groups is 1. The lowest BCUT2D eigenvalue weighted by atomic mass is 9.88. The number of hydrogen-bond acceptors (Lipinski definition) is 4. The van der Waals surface area contributed by atoms with Gasteiger partial charge in [-0.05, 0) is 23.6 Å². The first-order valence-electron chi connectivity index (χ1n) is 7.33. The van der Waals surface area contributed by atoms with E-state index >= 15 is 0 Å². The second-order valence-electron chi connectivity index (χ2n) is 5.76. The van der Waals surface area contributed by atoms with Gasteiger partial charge in [0.2, 0.25) is 0 Å². The molecule has 0 spiro atoms. The molecule has 0 aliphatic rings. The predicted octanol–water partition coefficient (Wildman–Crippen LogP) is 3.34. The van der Waals surface area contributed by atoms with Gasteiger partial charge in [0.25, 0.3) is 0 Å². The van der Waals surface area contributed by atoms with Crippen LogP contribution in [0.4, 0.5) is 5.82 Å². The van der Waals surface area contributed by atoms with Crippen LogP contribution in [-0.4, -0.2) is 26.2 Å². The molecule has 1 atom stereocenters. The smallest absolute Gasteiger partial charge is 0.179 e. The number of nitrogens with zero attached hydrogens (tertiary/aromatic N) is 1. The molecule has 1 aromatic heterocycles. The van der Waals surface area contributed by atoms with Gasteiger partial charge in [0.05, 0.1) is 0 Å². The Labute approximate surface area is 132 Å². The van der Waals surface area contributed by atoms with Crippen molar-refractivity contribution in [3.8, 4) is 0 Å². The van der Waals surface area contributed by atoms with E-state index < -0.39 is 9.84 Å². The van der Waals surface area contributed by atoms with Crippen molar-refractivity contribution in [3.05, 3.63) is 54.2 Å². The first-order chi connectivity index (χ1) is 10.4. The molecule has 2 aromatic rings. The Balaban J connectivity index is 2.21. The lowest BCUT2D eigenvalue weighted by Crippen LogP contribution is -2.19. The van der Waals surface area contributed by atoms with Crippen LogP contribution >= 0.6 is 0 Å². The molecule has 0 bridgehead atoms. The molecule has 0 saturated heterocycles. The average Bonchev–Trinajstić information content (AvgIpc) is 2.47. The Hall–Kier alpha value is -1.88. The zero-order valence-corrected chi connectivity index (χ0v) is 14.0. The zero-order chi connectivity index (χ0) is 16.2. The van der Waals surface area contributed by atoms with Gasteiger partial charge >= 0.3 is 0 Å². The van der Waals surface area contributed by atoms with Crippen LogP contribution < -0.4 is 5.32 Å². The fourth-order valence-corrected chi connectivity index (χ4v) is 3.27. The van der Waals surface area contributed by atoms with E-state index in [-0.39, 0.29) is 10.8 Å². The van der Waals surface area contributed by atoms with Gasteiger partial charge in [-0.25, -0.2) is 13.4 Å². The van der Waals surface area contributed by atoms with Gasteiger partial charge < -0.3 is 5.32 Å². The first kappa shape index (κ1) is 16.5. The maximum absolute atomic E-state index is 11.8. The summed E-state index contributed by atoms with van der Waals surface area (Å²) in [6, 6.07) is 13.5. The summed E-state index contributed by atoms with van der Waals surface area (Å²) < 4.78 is 23.6. The summed E-state index contributed by atoms with van der Waals surface area (Å²) >= 11 is 0. The van der Waals surface area contributed by atoms with Crippen molar-refractivity contribution in [2.45, 2.75) is 24.7 Å². The summed E-state index contributed by atoms with van der Waals surface area (Å²) in [5.74, 6) is 1.14. The summed E-state index contributed by atoms with van der Waals surface area (Å²) in [5.41, 5.74) is 1.24. The monoisotopic (exact) mass is 318 g/mol. The van der Waals surface area contributed by atoms with Crippen molar-refractivity contribution >= 4 is 15.7 Å². The maximum Gasteiger partial charge on any atom is 0.179 e. The molecule has 1 heterocycles. The van der Waals surface area contributed by atoms with E-state index in [2.05, 4.69) is 36.3 Å². The van der Waals surface area contributed by atoms with Crippen LogP contribution in [0.15, 0.2) is 53.6 Å². The number of hydrogen-bond donors (Lipinski definition) is 1. The second kappa shape index (κ2) is 6.92. The van der Waals surface area contributed by atoms with Crippen molar-refractivity contribution in [1.29, 1.82) is 0 Å². The SMILES string of the molecule is CC(C)C(CNc1ncccc1S(C)(=O)=O)c1ccccc1. The summed E-state index contributed by atoms with van der Waals surface area (Å²) in [5, 5.41) is 3.21. The fourth-order valence-electron chi connectivity index (χ4n) is 2.47. The van der Waals surface area contributed by atoms with Crippen molar-refractivity contribution in [1.82, 2.24) is 4.98 Å². The van der Waals surface area contributed by atoms with Gasteiger partial charge in [0, 0.05) is 24.9 Å². The van der Waals surface area contributed by atoms with E-state index in [1.807, 2.05) is 18.2 Å². The molecule has 0 amide bonds. The molecule has 5 heteroatoms. The number of aromatic nitrogens is 1. The van der Waals surface area contributed by atoms with Crippen molar-refractivity contribution in [3.63, 3.8) is 0 Å². The van der Waals surface area contributed by atoms with Crippen LogP contribution in [0, 0.1) is 5.92 Å². The minimum Gasteiger partial charge on any atom is -0.368 e. The van der Waals surface area contributed by atoms with Gasteiger partial charge in [-0.1, -0.05) is 44.2 Å². The molecule has 0 saturated carbocycles. The van der Waals surface area contributed by atoms with Gasteiger partial charge in [0.15, 0.2) is 9.84 Å². The maximum atomic E-state index is 11.8. The van der Waals surface area contributed by atoms with Crippen LogP contribution in [0.3, 0.4) is 0 Å². The standard InChI is InChI=1S/C17H22N2O2S/c1-13(2)15(14-8-5-4-6-9-14)12-19-17-16(22(3,20)21)10-7-11-18-17/h4-11,13,15H,12H2,1-3H3,(H,18,19). The van der Waals surface area contributed by atoms with Gasteiger partial charge in [-0.2, -0.15) is 0 Å². The lowest BCUT2D eigenvalue weighted by Gasteiger charge is -2.22. The van der Waals surface area contributed by atoms with Crippen molar-refractivity contribution in [2.24, 2.45) is 5.92 Å². The van der Waals surface area contributed by atoms with Crippen LogP contribution in [0.25, 0.3) is 0 Å². The molecular weight excluding hydrogens is 296 g/mol. The molecule has 0 radical (unpaired) electrons. The summed E-state index contributed by atoms with van der Waals surface area (Å²) in [6.07, 6.45) is 2.80. The largest absolute Gasteiger partial charge is 0.368 e.